The van der Waals surface area contributed by atoms with Crippen molar-refractivity contribution >= 4 is 27.4 Å². The molecular weight excluding hydrogens is 266 g/mol. The van der Waals surface area contributed by atoms with Crippen molar-refractivity contribution in [3.05, 3.63) is 16.7 Å². The molecule has 1 atom stereocenters. The predicted octanol–water partition coefficient (Wildman–Crippen LogP) is 3.66. The Morgan fingerprint density at radius 1 is 1.38 bits per heavy atom. The number of nitrogens with zero attached hydrogens (tertiary/aromatic N) is 1. The van der Waals surface area contributed by atoms with Crippen LogP contribution in [0.1, 0.15) is 33.6 Å². The van der Waals surface area contributed by atoms with Crippen LogP contribution in [0.2, 0.25) is 0 Å². The fourth-order valence-corrected chi connectivity index (χ4v) is 1.93. The van der Waals surface area contributed by atoms with E-state index in [1.807, 2.05) is 6.07 Å². The van der Waals surface area contributed by atoms with E-state index in [9.17, 15) is 0 Å². The summed E-state index contributed by atoms with van der Waals surface area (Å²) in [4.78, 5) is 4.26. The van der Waals surface area contributed by atoms with Crippen LogP contribution in [0, 0.1) is 5.92 Å². The van der Waals surface area contributed by atoms with Crippen molar-refractivity contribution in [2.24, 2.45) is 5.92 Å². The van der Waals surface area contributed by atoms with E-state index in [0.717, 1.165) is 22.6 Å². The Morgan fingerprint density at radius 3 is 2.62 bits per heavy atom. The zero-order chi connectivity index (χ0) is 12.1. The smallest absolute Gasteiger partial charge is 0.140 e. The first kappa shape index (κ1) is 13.3. The lowest BCUT2D eigenvalue weighted by Crippen LogP contribution is -2.17. The summed E-state index contributed by atoms with van der Waals surface area (Å²) >= 11 is 3.45. The van der Waals surface area contributed by atoms with E-state index in [2.05, 4.69) is 47.0 Å². The van der Waals surface area contributed by atoms with Gasteiger partial charge in [-0.1, -0.05) is 13.8 Å². The Balaban J connectivity index is 2.52. The normalized spacial score (nSPS) is 12.8. The van der Waals surface area contributed by atoms with Gasteiger partial charge in [0.05, 0.1) is 16.4 Å². The molecule has 16 heavy (non-hydrogen) atoms. The molecule has 1 unspecified atom stereocenters. The van der Waals surface area contributed by atoms with Gasteiger partial charge in [0.1, 0.15) is 5.82 Å². The molecule has 0 aliphatic carbocycles. The highest BCUT2D eigenvalue weighted by Crippen LogP contribution is 2.23. The number of anilines is 2. The summed E-state index contributed by atoms with van der Waals surface area (Å²) in [6, 6.07) is 2.29. The lowest BCUT2D eigenvalue weighted by atomic mass is 10.0. The first-order valence-corrected chi connectivity index (χ1v) is 6.46. The number of hydrogen-bond donors (Lipinski definition) is 2. The highest BCUT2D eigenvalue weighted by molar-refractivity contribution is 9.10. The van der Waals surface area contributed by atoms with Gasteiger partial charge in [0.25, 0.3) is 0 Å². The number of nitrogens with two attached hydrogens (primary N) is 1. The summed E-state index contributed by atoms with van der Waals surface area (Å²) < 4.78 is 0.920. The van der Waals surface area contributed by atoms with E-state index in [1.54, 1.807) is 6.20 Å². The van der Waals surface area contributed by atoms with Gasteiger partial charge >= 0.3 is 0 Å². The molecule has 3 N–H and O–H groups in total. The summed E-state index contributed by atoms with van der Waals surface area (Å²) in [5, 5.41) is 3.38. The van der Waals surface area contributed by atoms with E-state index in [1.165, 1.54) is 6.42 Å². The quantitative estimate of drug-likeness (QED) is 0.868. The van der Waals surface area contributed by atoms with Gasteiger partial charge in [0.15, 0.2) is 0 Å². The van der Waals surface area contributed by atoms with Crippen LogP contribution in [-0.2, 0) is 0 Å². The van der Waals surface area contributed by atoms with Gasteiger partial charge < -0.3 is 11.1 Å². The minimum absolute atomic E-state index is 0.426. The molecule has 0 aliphatic rings. The minimum Gasteiger partial charge on any atom is -0.397 e. The van der Waals surface area contributed by atoms with E-state index < -0.39 is 0 Å². The maximum Gasteiger partial charge on any atom is 0.140 e. The first-order valence-electron chi connectivity index (χ1n) is 5.66. The summed E-state index contributed by atoms with van der Waals surface area (Å²) in [6.07, 6.45) is 4.04. The molecule has 90 valence electrons. The maximum absolute atomic E-state index is 5.64. The van der Waals surface area contributed by atoms with Crippen molar-refractivity contribution in [1.82, 2.24) is 4.98 Å². The summed E-state index contributed by atoms with van der Waals surface area (Å²) in [6.45, 7) is 6.65. The first-order chi connectivity index (χ1) is 7.49. The second-order valence-electron chi connectivity index (χ2n) is 4.62. The van der Waals surface area contributed by atoms with Crippen molar-refractivity contribution in [1.29, 1.82) is 0 Å². The topological polar surface area (TPSA) is 50.9 Å². The molecule has 1 heterocycles. The van der Waals surface area contributed by atoms with Gasteiger partial charge in [-0.15, -0.1) is 0 Å². The Hall–Kier alpha value is -0.770. The van der Waals surface area contributed by atoms with E-state index in [-0.39, 0.29) is 0 Å². The standard InChI is InChI=1S/C12H20BrN3/c1-8(2)4-5-9(3)16-12-11(13)6-10(14)7-15-12/h6-9H,4-5,14H2,1-3H3,(H,15,16). The number of halogens is 1. The zero-order valence-corrected chi connectivity index (χ0v) is 11.7. The van der Waals surface area contributed by atoms with Crippen molar-refractivity contribution in [3.8, 4) is 0 Å². The molecular formula is C12H20BrN3. The molecule has 0 amide bonds. The van der Waals surface area contributed by atoms with Crippen molar-refractivity contribution < 1.29 is 0 Å². The molecule has 0 fully saturated rings. The van der Waals surface area contributed by atoms with Crippen LogP contribution in [0.5, 0.6) is 0 Å². The number of aromatic nitrogens is 1. The third-order valence-corrected chi connectivity index (χ3v) is 3.03. The van der Waals surface area contributed by atoms with Crippen LogP contribution in [0.15, 0.2) is 16.7 Å². The van der Waals surface area contributed by atoms with Gasteiger partial charge in [-0.05, 0) is 47.7 Å². The third kappa shape index (κ3) is 4.39. The van der Waals surface area contributed by atoms with Crippen LogP contribution >= 0.6 is 15.9 Å². The van der Waals surface area contributed by atoms with Gasteiger partial charge in [-0.25, -0.2) is 4.98 Å². The molecule has 1 aromatic heterocycles. The molecule has 0 bridgehead atoms. The SMILES string of the molecule is CC(C)CCC(C)Nc1ncc(N)cc1Br. The average molecular weight is 286 g/mol. The van der Waals surface area contributed by atoms with Crippen LogP contribution in [0.4, 0.5) is 11.5 Å². The molecule has 4 heteroatoms. The molecule has 1 rings (SSSR count). The minimum atomic E-state index is 0.426. The lowest BCUT2D eigenvalue weighted by molar-refractivity contribution is 0.527. The molecule has 0 spiro atoms. The molecule has 0 saturated heterocycles. The second kappa shape index (κ2) is 6.09. The summed E-state index contributed by atoms with van der Waals surface area (Å²) in [5.74, 6) is 1.61. The fourth-order valence-electron chi connectivity index (χ4n) is 1.45. The maximum atomic E-state index is 5.64. The molecule has 0 radical (unpaired) electrons. The van der Waals surface area contributed by atoms with Crippen molar-refractivity contribution in [2.75, 3.05) is 11.1 Å². The van der Waals surface area contributed by atoms with Crippen LogP contribution in [-0.4, -0.2) is 11.0 Å². The van der Waals surface area contributed by atoms with Crippen LogP contribution in [0.25, 0.3) is 0 Å². The summed E-state index contributed by atoms with van der Waals surface area (Å²) in [5.41, 5.74) is 6.31. The van der Waals surface area contributed by atoms with Crippen molar-refractivity contribution in [2.45, 2.75) is 39.7 Å². The van der Waals surface area contributed by atoms with Gasteiger partial charge in [0.2, 0.25) is 0 Å². The number of pyridine rings is 1. The zero-order valence-electron chi connectivity index (χ0n) is 10.1. The molecule has 0 aromatic carbocycles. The van der Waals surface area contributed by atoms with Gasteiger partial charge in [-0.2, -0.15) is 0 Å². The van der Waals surface area contributed by atoms with E-state index in [4.69, 9.17) is 5.73 Å². The third-order valence-electron chi connectivity index (χ3n) is 2.42. The Labute approximate surface area is 106 Å². The average Bonchev–Trinajstić information content (AvgIpc) is 2.19. The number of nitrogen functional groups attached to an aromatic ring is 1. The summed E-state index contributed by atoms with van der Waals surface area (Å²) in [7, 11) is 0. The second-order valence-corrected chi connectivity index (χ2v) is 5.47. The number of rotatable bonds is 5. The van der Waals surface area contributed by atoms with Crippen LogP contribution < -0.4 is 11.1 Å². The lowest BCUT2D eigenvalue weighted by Gasteiger charge is -2.16. The molecule has 3 nitrogen and oxygen atoms in total. The van der Waals surface area contributed by atoms with E-state index >= 15 is 0 Å². The monoisotopic (exact) mass is 285 g/mol. The number of hydrogen-bond acceptors (Lipinski definition) is 3. The van der Waals surface area contributed by atoms with Crippen LogP contribution in [0.3, 0.4) is 0 Å². The fraction of sp³-hybridized carbons (Fsp3) is 0.583. The Bertz CT molecular complexity index is 339. The Kier molecular flexibility index (Phi) is 5.06. The number of nitrogens with one attached hydrogen (secondary N) is 1. The molecule has 0 saturated carbocycles. The van der Waals surface area contributed by atoms with Gasteiger partial charge in [-0.3, -0.25) is 0 Å². The van der Waals surface area contributed by atoms with E-state index in [0.29, 0.717) is 11.7 Å². The largest absolute Gasteiger partial charge is 0.397 e. The highest BCUT2D eigenvalue weighted by Gasteiger charge is 2.07. The molecule has 1 aromatic rings. The molecule has 0 aliphatic heterocycles. The Morgan fingerprint density at radius 2 is 2.06 bits per heavy atom. The van der Waals surface area contributed by atoms with Crippen molar-refractivity contribution in [3.63, 3.8) is 0 Å². The predicted molar refractivity (Wildman–Crippen MR) is 73.5 cm³/mol. The van der Waals surface area contributed by atoms with Gasteiger partial charge in [0, 0.05) is 6.04 Å². The highest BCUT2D eigenvalue weighted by atomic mass is 79.9.